The molecule has 5 heteroatoms. The molecule has 0 fully saturated rings. The van der Waals surface area contributed by atoms with Crippen LogP contribution in [0.5, 0.6) is 11.5 Å². The number of ether oxygens (including phenoxy) is 2. The van der Waals surface area contributed by atoms with Gasteiger partial charge in [-0.15, -0.1) is 0 Å². The molecular weight excluding hydrogens is 316 g/mol. The predicted octanol–water partition coefficient (Wildman–Crippen LogP) is 3.52. The van der Waals surface area contributed by atoms with Crippen molar-refractivity contribution in [3.05, 3.63) is 59.7 Å². The van der Waals surface area contributed by atoms with Gasteiger partial charge >= 0.3 is 0 Å². The van der Waals surface area contributed by atoms with Crippen LogP contribution in [0.2, 0.25) is 0 Å². The normalized spacial score (nSPS) is 11.4. The van der Waals surface area contributed by atoms with E-state index in [0.29, 0.717) is 5.75 Å². The van der Waals surface area contributed by atoms with Crippen molar-refractivity contribution in [2.45, 2.75) is 26.2 Å². The maximum Gasteiger partial charge on any atom is 0.277 e. The molecule has 0 aromatic heterocycles. The maximum atomic E-state index is 11.8. The van der Waals surface area contributed by atoms with Gasteiger partial charge < -0.3 is 9.47 Å². The number of amides is 1. The summed E-state index contributed by atoms with van der Waals surface area (Å²) in [5.74, 6) is 1.11. The SMILES string of the molecule is COc1ccc(/C=N/NC(=O)COc2ccc(C(C)(C)C)cc2)cc1. The van der Waals surface area contributed by atoms with E-state index in [2.05, 4.69) is 31.3 Å². The van der Waals surface area contributed by atoms with Crippen molar-refractivity contribution in [3.8, 4) is 11.5 Å². The third-order valence-corrected chi connectivity index (χ3v) is 3.61. The molecule has 5 nitrogen and oxygen atoms in total. The molecule has 132 valence electrons. The Morgan fingerprint density at radius 2 is 1.64 bits per heavy atom. The number of nitrogens with zero attached hydrogens (tertiary/aromatic N) is 1. The van der Waals surface area contributed by atoms with Gasteiger partial charge in [0.05, 0.1) is 13.3 Å². The molecule has 0 radical (unpaired) electrons. The van der Waals surface area contributed by atoms with Crippen molar-refractivity contribution in [3.63, 3.8) is 0 Å². The van der Waals surface area contributed by atoms with Gasteiger partial charge in [-0.3, -0.25) is 4.79 Å². The van der Waals surface area contributed by atoms with E-state index in [-0.39, 0.29) is 17.9 Å². The van der Waals surface area contributed by atoms with Crippen LogP contribution in [-0.2, 0) is 10.2 Å². The fourth-order valence-corrected chi connectivity index (χ4v) is 2.10. The molecule has 2 aromatic rings. The molecule has 2 rings (SSSR count). The summed E-state index contributed by atoms with van der Waals surface area (Å²) in [6, 6.07) is 15.1. The second-order valence-corrected chi connectivity index (χ2v) is 6.63. The van der Waals surface area contributed by atoms with Crippen LogP contribution in [0.3, 0.4) is 0 Å². The van der Waals surface area contributed by atoms with Crippen LogP contribution in [0.1, 0.15) is 31.9 Å². The molecule has 0 saturated heterocycles. The lowest BCUT2D eigenvalue weighted by Crippen LogP contribution is -2.24. The van der Waals surface area contributed by atoms with E-state index < -0.39 is 0 Å². The summed E-state index contributed by atoms with van der Waals surface area (Å²) in [7, 11) is 1.61. The van der Waals surface area contributed by atoms with E-state index >= 15 is 0 Å². The summed E-state index contributed by atoms with van der Waals surface area (Å²) in [6.45, 7) is 6.36. The molecule has 0 spiro atoms. The van der Waals surface area contributed by atoms with Crippen molar-refractivity contribution in [2.75, 3.05) is 13.7 Å². The molecule has 0 heterocycles. The predicted molar refractivity (Wildman–Crippen MR) is 99.4 cm³/mol. The molecule has 1 N–H and O–H groups in total. The molecule has 0 unspecified atom stereocenters. The number of carbonyl (C=O) groups excluding carboxylic acids is 1. The molecule has 0 atom stereocenters. The minimum absolute atomic E-state index is 0.0885. The zero-order valence-corrected chi connectivity index (χ0v) is 15.1. The first-order valence-corrected chi connectivity index (χ1v) is 8.08. The van der Waals surface area contributed by atoms with Gasteiger partial charge in [-0.2, -0.15) is 5.10 Å². The monoisotopic (exact) mass is 340 g/mol. The smallest absolute Gasteiger partial charge is 0.277 e. The van der Waals surface area contributed by atoms with E-state index in [1.807, 2.05) is 48.5 Å². The van der Waals surface area contributed by atoms with Crippen molar-refractivity contribution in [1.29, 1.82) is 0 Å². The molecule has 0 aliphatic rings. The molecule has 0 saturated carbocycles. The minimum Gasteiger partial charge on any atom is -0.497 e. The van der Waals surface area contributed by atoms with Crippen LogP contribution in [0.25, 0.3) is 0 Å². The molecule has 2 aromatic carbocycles. The standard InChI is InChI=1S/C20H24N2O3/c1-20(2,3)16-7-11-18(12-8-16)25-14-19(23)22-21-13-15-5-9-17(24-4)10-6-15/h5-13H,14H2,1-4H3,(H,22,23)/b21-13+. The van der Waals surface area contributed by atoms with E-state index in [9.17, 15) is 4.79 Å². The largest absolute Gasteiger partial charge is 0.497 e. The van der Waals surface area contributed by atoms with Crippen LogP contribution < -0.4 is 14.9 Å². The number of hydrogen-bond donors (Lipinski definition) is 1. The summed E-state index contributed by atoms with van der Waals surface area (Å²) in [6.07, 6.45) is 1.56. The lowest BCUT2D eigenvalue weighted by Gasteiger charge is -2.19. The number of hydrazone groups is 1. The highest BCUT2D eigenvalue weighted by atomic mass is 16.5. The highest BCUT2D eigenvalue weighted by Gasteiger charge is 2.13. The zero-order valence-electron chi connectivity index (χ0n) is 15.1. The first kappa shape index (κ1) is 18.5. The van der Waals surface area contributed by atoms with Crippen LogP contribution in [0, 0.1) is 0 Å². The summed E-state index contributed by atoms with van der Waals surface area (Å²) >= 11 is 0. The molecule has 25 heavy (non-hydrogen) atoms. The Morgan fingerprint density at radius 3 is 2.20 bits per heavy atom. The summed E-state index contributed by atoms with van der Waals surface area (Å²) < 4.78 is 10.5. The van der Waals surface area contributed by atoms with Gasteiger partial charge in [0.25, 0.3) is 5.91 Å². The fourth-order valence-electron chi connectivity index (χ4n) is 2.10. The quantitative estimate of drug-likeness (QED) is 0.646. The summed E-state index contributed by atoms with van der Waals surface area (Å²) in [5, 5.41) is 3.91. The van der Waals surface area contributed by atoms with E-state index in [0.717, 1.165) is 11.3 Å². The van der Waals surface area contributed by atoms with Crippen molar-refractivity contribution >= 4 is 12.1 Å². The molecule has 0 aliphatic heterocycles. The van der Waals surface area contributed by atoms with Gasteiger partial charge in [0.15, 0.2) is 6.61 Å². The number of methoxy groups -OCH3 is 1. The maximum absolute atomic E-state index is 11.8. The van der Waals surface area contributed by atoms with Gasteiger partial charge in [0.1, 0.15) is 11.5 Å². The van der Waals surface area contributed by atoms with E-state index in [1.165, 1.54) is 5.56 Å². The highest BCUT2D eigenvalue weighted by Crippen LogP contribution is 2.24. The molecular formula is C20H24N2O3. The Hall–Kier alpha value is -2.82. The Balaban J connectivity index is 1.79. The third kappa shape index (κ3) is 5.95. The zero-order chi connectivity index (χ0) is 18.3. The summed E-state index contributed by atoms with van der Waals surface area (Å²) in [4.78, 5) is 11.8. The Labute approximate surface area is 148 Å². The van der Waals surface area contributed by atoms with Crippen LogP contribution in [0.4, 0.5) is 0 Å². The Bertz CT molecular complexity index is 714. The van der Waals surface area contributed by atoms with Crippen molar-refractivity contribution in [1.82, 2.24) is 5.43 Å². The fraction of sp³-hybridized carbons (Fsp3) is 0.300. The van der Waals surface area contributed by atoms with Crippen molar-refractivity contribution in [2.24, 2.45) is 5.10 Å². The summed E-state index contributed by atoms with van der Waals surface area (Å²) in [5.41, 5.74) is 4.61. The lowest BCUT2D eigenvalue weighted by atomic mass is 9.87. The van der Waals surface area contributed by atoms with Crippen LogP contribution in [-0.4, -0.2) is 25.8 Å². The third-order valence-electron chi connectivity index (χ3n) is 3.61. The Morgan fingerprint density at radius 1 is 1.04 bits per heavy atom. The Kier molecular flexibility index (Phi) is 6.17. The second kappa shape index (κ2) is 8.33. The number of hydrogen-bond acceptors (Lipinski definition) is 4. The number of rotatable bonds is 6. The highest BCUT2D eigenvalue weighted by molar-refractivity contribution is 5.83. The van der Waals surface area contributed by atoms with Gasteiger partial charge in [0.2, 0.25) is 0 Å². The van der Waals surface area contributed by atoms with Crippen molar-refractivity contribution < 1.29 is 14.3 Å². The first-order chi connectivity index (χ1) is 11.9. The lowest BCUT2D eigenvalue weighted by molar-refractivity contribution is -0.123. The number of carbonyl (C=O) groups is 1. The van der Waals surface area contributed by atoms with Gasteiger partial charge in [0, 0.05) is 0 Å². The van der Waals surface area contributed by atoms with E-state index in [4.69, 9.17) is 9.47 Å². The van der Waals surface area contributed by atoms with Gasteiger partial charge in [-0.25, -0.2) is 5.43 Å². The topological polar surface area (TPSA) is 59.9 Å². The van der Waals surface area contributed by atoms with Crippen LogP contribution in [0.15, 0.2) is 53.6 Å². The number of benzene rings is 2. The molecule has 0 bridgehead atoms. The average molecular weight is 340 g/mol. The first-order valence-electron chi connectivity index (χ1n) is 8.08. The van der Waals surface area contributed by atoms with E-state index in [1.54, 1.807) is 13.3 Å². The molecule has 0 aliphatic carbocycles. The van der Waals surface area contributed by atoms with Gasteiger partial charge in [-0.05, 0) is 52.9 Å². The van der Waals surface area contributed by atoms with Gasteiger partial charge in [-0.1, -0.05) is 32.9 Å². The average Bonchev–Trinajstić information content (AvgIpc) is 2.60. The van der Waals surface area contributed by atoms with Crippen LogP contribution >= 0.6 is 0 Å². The molecule has 1 amide bonds. The number of nitrogens with one attached hydrogen (secondary N) is 1. The minimum atomic E-state index is -0.315. The second-order valence-electron chi connectivity index (χ2n) is 6.63.